The second-order valence-electron chi connectivity index (χ2n) is 5.04. The monoisotopic (exact) mass is 272 g/mol. The van der Waals surface area contributed by atoms with E-state index in [1.165, 1.54) is 16.7 Å². The van der Waals surface area contributed by atoms with E-state index in [9.17, 15) is 0 Å². The van der Waals surface area contributed by atoms with Gasteiger partial charge in [0.2, 0.25) is 0 Å². The van der Waals surface area contributed by atoms with Crippen LogP contribution in [0.15, 0.2) is 48.5 Å². The zero-order chi connectivity index (χ0) is 13.2. The van der Waals surface area contributed by atoms with Gasteiger partial charge in [-0.2, -0.15) is 0 Å². The van der Waals surface area contributed by atoms with Gasteiger partial charge < -0.3 is 0 Å². The van der Waals surface area contributed by atoms with Crippen LogP contribution in [0.1, 0.15) is 35.1 Å². The Hall–Kier alpha value is -1.35. The van der Waals surface area contributed by atoms with Crippen LogP contribution in [-0.2, 0) is 6.42 Å². The number of rotatable bonds is 3. The zero-order valence-electron chi connectivity index (χ0n) is 10.6. The van der Waals surface area contributed by atoms with E-state index in [4.69, 9.17) is 17.4 Å². The number of hydrazine groups is 1. The Morgan fingerprint density at radius 3 is 2.58 bits per heavy atom. The molecule has 0 fully saturated rings. The van der Waals surface area contributed by atoms with Gasteiger partial charge in [0.05, 0.1) is 6.04 Å². The van der Waals surface area contributed by atoms with E-state index in [2.05, 4.69) is 29.7 Å². The SMILES string of the molecule is NNC(c1ccc(Cl)cc1)C1CCc2ccccc21. The van der Waals surface area contributed by atoms with E-state index in [-0.39, 0.29) is 6.04 Å². The van der Waals surface area contributed by atoms with E-state index >= 15 is 0 Å². The summed E-state index contributed by atoms with van der Waals surface area (Å²) in [5, 5.41) is 0.756. The standard InChI is InChI=1S/C16H17ClN2/c17-13-8-5-12(6-9-13)16(19-18)15-10-7-11-3-1-2-4-14(11)15/h1-6,8-9,15-16,19H,7,10,18H2. The third-order valence-corrected chi connectivity index (χ3v) is 4.24. The van der Waals surface area contributed by atoms with Crippen molar-refractivity contribution in [2.24, 2.45) is 5.84 Å². The second-order valence-corrected chi connectivity index (χ2v) is 5.48. The number of hydrogen-bond acceptors (Lipinski definition) is 2. The van der Waals surface area contributed by atoms with E-state index < -0.39 is 0 Å². The van der Waals surface area contributed by atoms with Crippen LogP contribution >= 0.6 is 11.6 Å². The Bertz CT molecular complexity index is 565. The first-order valence-corrected chi connectivity index (χ1v) is 6.97. The Morgan fingerprint density at radius 1 is 1.11 bits per heavy atom. The summed E-state index contributed by atoms with van der Waals surface area (Å²) in [7, 11) is 0. The molecule has 1 aliphatic rings. The predicted molar refractivity (Wildman–Crippen MR) is 79.0 cm³/mol. The van der Waals surface area contributed by atoms with Crippen molar-refractivity contribution in [3.05, 3.63) is 70.2 Å². The fourth-order valence-electron chi connectivity index (χ4n) is 3.05. The highest BCUT2D eigenvalue weighted by Gasteiger charge is 2.29. The lowest BCUT2D eigenvalue weighted by atomic mass is 9.89. The van der Waals surface area contributed by atoms with Crippen molar-refractivity contribution in [1.82, 2.24) is 5.43 Å². The van der Waals surface area contributed by atoms with Gasteiger partial charge in [-0.3, -0.25) is 11.3 Å². The largest absolute Gasteiger partial charge is 0.271 e. The highest BCUT2D eigenvalue weighted by molar-refractivity contribution is 6.30. The summed E-state index contributed by atoms with van der Waals surface area (Å²) in [6, 6.07) is 16.7. The van der Waals surface area contributed by atoms with E-state index in [1.807, 2.05) is 24.3 Å². The van der Waals surface area contributed by atoms with Crippen LogP contribution < -0.4 is 11.3 Å². The zero-order valence-corrected chi connectivity index (χ0v) is 11.4. The van der Waals surface area contributed by atoms with E-state index in [0.29, 0.717) is 5.92 Å². The average Bonchev–Trinajstić information content (AvgIpc) is 2.86. The molecule has 98 valence electrons. The van der Waals surface area contributed by atoms with Crippen molar-refractivity contribution < 1.29 is 0 Å². The summed E-state index contributed by atoms with van der Waals surface area (Å²) in [5.41, 5.74) is 7.03. The molecular weight excluding hydrogens is 256 g/mol. The molecule has 19 heavy (non-hydrogen) atoms. The molecule has 2 unspecified atom stereocenters. The van der Waals surface area contributed by atoms with Crippen molar-refractivity contribution in [1.29, 1.82) is 0 Å². The van der Waals surface area contributed by atoms with Crippen molar-refractivity contribution >= 4 is 11.6 Å². The molecule has 0 aliphatic heterocycles. The molecule has 2 aromatic rings. The molecule has 3 N–H and O–H groups in total. The van der Waals surface area contributed by atoms with Crippen LogP contribution in [-0.4, -0.2) is 0 Å². The van der Waals surface area contributed by atoms with Gasteiger partial charge in [0.15, 0.2) is 0 Å². The quantitative estimate of drug-likeness (QED) is 0.662. The van der Waals surface area contributed by atoms with Crippen LogP contribution in [0.4, 0.5) is 0 Å². The molecule has 0 amide bonds. The van der Waals surface area contributed by atoms with E-state index in [1.54, 1.807) is 0 Å². The van der Waals surface area contributed by atoms with Gasteiger partial charge in [0.1, 0.15) is 0 Å². The van der Waals surface area contributed by atoms with Gasteiger partial charge in [0, 0.05) is 10.9 Å². The molecule has 0 spiro atoms. The lowest BCUT2D eigenvalue weighted by Gasteiger charge is -2.24. The van der Waals surface area contributed by atoms with Crippen molar-refractivity contribution in [3.63, 3.8) is 0 Å². The minimum absolute atomic E-state index is 0.140. The smallest absolute Gasteiger partial charge is 0.0528 e. The summed E-state index contributed by atoms with van der Waals surface area (Å²) < 4.78 is 0. The van der Waals surface area contributed by atoms with Crippen LogP contribution in [0, 0.1) is 0 Å². The molecule has 0 radical (unpaired) electrons. The summed E-state index contributed by atoms with van der Waals surface area (Å²) in [6.45, 7) is 0. The van der Waals surface area contributed by atoms with Crippen molar-refractivity contribution in [2.45, 2.75) is 24.8 Å². The first kappa shape index (κ1) is 12.7. The Kier molecular flexibility index (Phi) is 3.56. The normalized spacial score (nSPS) is 19.2. The molecule has 3 heteroatoms. The number of aryl methyl sites for hydroxylation is 1. The third kappa shape index (κ3) is 2.39. The lowest BCUT2D eigenvalue weighted by molar-refractivity contribution is 0.453. The molecule has 2 nitrogen and oxygen atoms in total. The molecule has 1 aliphatic carbocycles. The minimum Gasteiger partial charge on any atom is -0.271 e. The first-order valence-electron chi connectivity index (χ1n) is 6.59. The number of halogens is 1. The highest BCUT2D eigenvalue weighted by Crippen LogP contribution is 2.41. The number of nitrogens with two attached hydrogens (primary N) is 1. The Balaban J connectivity index is 1.94. The highest BCUT2D eigenvalue weighted by atomic mass is 35.5. The van der Waals surface area contributed by atoms with Crippen LogP contribution in [0.2, 0.25) is 5.02 Å². The molecule has 2 atom stereocenters. The van der Waals surface area contributed by atoms with Crippen LogP contribution in [0.5, 0.6) is 0 Å². The van der Waals surface area contributed by atoms with Gasteiger partial charge in [-0.25, -0.2) is 0 Å². The second kappa shape index (κ2) is 5.33. The summed E-state index contributed by atoms with van der Waals surface area (Å²) >= 11 is 5.95. The van der Waals surface area contributed by atoms with Gasteiger partial charge in [-0.05, 0) is 41.7 Å². The fraction of sp³-hybridized carbons (Fsp3) is 0.250. The molecule has 0 aromatic heterocycles. The molecular formula is C16H17ClN2. The van der Waals surface area contributed by atoms with Crippen molar-refractivity contribution in [3.8, 4) is 0 Å². The molecule has 3 rings (SSSR count). The molecule has 0 saturated heterocycles. The maximum Gasteiger partial charge on any atom is 0.0528 e. The number of nitrogens with one attached hydrogen (secondary N) is 1. The summed E-state index contributed by atoms with van der Waals surface area (Å²) in [5.74, 6) is 6.23. The van der Waals surface area contributed by atoms with Gasteiger partial charge >= 0.3 is 0 Å². The predicted octanol–water partition coefficient (Wildman–Crippen LogP) is 3.57. The lowest BCUT2D eigenvalue weighted by Crippen LogP contribution is -2.31. The maximum absolute atomic E-state index is 5.95. The van der Waals surface area contributed by atoms with E-state index in [0.717, 1.165) is 17.9 Å². The Morgan fingerprint density at radius 2 is 1.84 bits per heavy atom. The van der Waals surface area contributed by atoms with Crippen LogP contribution in [0.25, 0.3) is 0 Å². The van der Waals surface area contributed by atoms with Gasteiger partial charge in [0.25, 0.3) is 0 Å². The van der Waals surface area contributed by atoms with Crippen LogP contribution in [0.3, 0.4) is 0 Å². The molecule has 0 saturated carbocycles. The third-order valence-electron chi connectivity index (χ3n) is 3.99. The Labute approximate surface area is 118 Å². The van der Waals surface area contributed by atoms with Crippen molar-refractivity contribution in [2.75, 3.05) is 0 Å². The molecule has 2 aromatic carbocycles. The minimum atomic E-state index is 0.140. The number of fused-ring (bicyclic) bond motifs is 1. The molecule has 0 heterocycles. The van der Waals surface area contributed by atoms with Gasteiger partial charge in [-0.15, -0.1) is 0 Å². The topological polar surface area (TPSA) is 38.0 Å². The van der Waals surface area contributed by atoms with Gasteiger partial charge in [-0.1, -0.05) is 48.0 Å². The first-order chi connectivity index (χ1) is 9.29. The average molecular weight is 273 g/mol. The maximum atomic E-state index is 5.95. The summed E-state index contributed by atoms with van der Waals surface area (Å²) in [6.07, 6.45) is 2.27. The fourth-order valence-corrected chi connectivity index (χ4v) is 3.18. The number of hydrogen-bond donors (Lipinski definition) is 2. The summed E-state index contributed by atoms with van der Waals surface area (Å²) in [4.78, 5) is 0. The molecule has 0 bridgehead atoms. The number of benzene rings is 2.